The van der Waals surface area contributed by atoms with Crippen LogP contribution in [0.5, 0.6) is 5.75 Å². The predicted octanol–water partition coefficient (Wildman–Crippen LogP) is 3.21. The van der Waals surface area contributed by atoms with E-state index in [4.69, 9.17) is 21.1 Å². The van der Waals surface area contributed by atoms with Gasteiger partial charge < -0.3 is 14.8 Å². The number of nitrogens with one attached hydrogen (secondary N) is 1. The molecule has 1 saturated heterocycles. The molecule has 1 aliphatic rings. The molecule has 1 aliphatic heterocycles. The van der Waals surface area contributed by atoms with E-state index in [0.29, 0.717) is 16.7 Å². The fourth-order valence-electron chi connectivity index (χ4n) is 2.92. The summed E-state index contributed by atoms with van der Waals surface area (Å²) in [5, 5.41) is 3.84. The average Bonchev–Trinajstić information content (AvgIpc) is 2.47. The summed E-state index contributed by atoms with van der Waals surface area (Å²) in [6.07, 6.45) is 2.29. The maximum atomic E-state index is 12.2. The molecule has 1 fully saturated rings. The molecule has 4 nitrogen and oxygen atoms in total. The zero-order chi connectivity index (χ0) is 16.2. The lowest BCUT2D eigenvalue weighted by atomic mass is 9.83. The van der Waals surface area contributed by atoms with Crippen LogP contribution in [0.1, 0.15) is 32.3 Å². The predicted molar refractivity (Wildman–Crippen MR) is 87.5 cm³/mol. The molecule has 0 atom stereocenters. The van der Waals surface area contributed by atoms with Crippen molar-refractivity contribution in [2.75, 3.05) is 20.2 Å². The Kier molecular flexibility index (Phi) is 5.70. The van der Waals surface area contributed by atoms with Crippen LogP contribution in [-0.4, -0.2) is 31.8 Å². The van der Waals surface area contributed by atoms with Crippen molar-refractivity contribution in [3.8, 4) is 5.75 Å². The molecule has 0 bridgehead atoms. The summed E-state index contributed by atoms with van der Waals surface area (Å²) in [6, 6.07) is 5.35. The quantitative estimate of drug-likeness (QED) is 0.844. The second-order valence-electron chi connectivity index (χ2n) is 6.25. The van der Waals surface area contributed by atoms with Crippen molar-refractivity contribution in [2.45, 2.75) is 38.7 Å². The Balaban J connectivity index is 1.95. The minimum Gasteiger partial charge on any atom is -0.495 e. The van der Waals surface area contributed by atoms with Gasteiger partial charge in [0.1, 0.15) is 11.4 Å². The summed E-state index contributed by atoms with van der Waals surface area (Å²) in [5.41, 5.74) is 0.395. The largest absolute Gasteiger partial charge is 0.495 e. The molecule has 2 rings (SSSR count). The molecule has 5 heteroatoms. The van der Waals surface area contributed by atoms with Gasteiger partial charge in [0.25, 0.3) is 0 Å². The van der Waals surface area contributed by atoms with Gasteiger partial charge >= 0.3 is 5.97 Å². The lowest BCUT2D eigenvalue weighted by molar-refractivity contribution is -0.161. The molecule has 0 aliphatic carbocycles. The van der Waals surface area contributed by atoms with Crippen molar-refractivity contribution in [1.29, 1.82) is 0 Å². The number of piperidine rings is 1. The van der Waals surface area contributed by atoms with Gasteiger partial charge in [-0.15, -0.1) is 0 Å². The first-order chi connectivity index (χ1) is 10.4. The molecule has 1 aromatic rings. The number of carbonyl (C=O) groups is 1. The normalized spacial score (nSPS) is 16.4. The summed E-state index contributed by atoms with van der Waals surface area (Å²) >= 11 is 6.08. The molecule has 22 heavy (non-hydrogen) atoms. The minimum absolute atomic E-state index is 0.218. The Morgan fingerprint density at radius 2 is 2.05 bits per heavy atom. The number of hydrogen-bond acceptors (Lipinski definition) is 4. The van der Waals surface area contributed by atoms with E-state index in [1.54, 1.807) is 19.2 Å². The molecular formula is C17H24ClNO3. The van der Waals surface area contributed by atoms with Gasteiger partial charge in [-0.1, -0.05) is 17.7 Å². The van der Waals surface area contributed by atoms with Gasteiger partial charge in [-0.25, -0.2) is 0 Å². The summed E-state index contributed by atoms with van der Waals surface area (Å²) in [4.78, 5) is 12.2. The van der Waals surface area contributed by atoms with E-state index >= 15 is 0 Å². The fourth-order valence-corrected chi connectivity index (χ4v) is 3.20. The summed E-state index contributed by atoms with van der Waals surface area (Å²) in [5.74, 6) is 0.788. The van der Waals surface area contributed by atoms with Gasteiger partial charge in [-0.05, 0) is 57.5 Å². The van der Waals surface area contributed by atoms with E-state index in [1.165, 1.54) is 0 Å². The first-order valence-electron chi connectivity index (χ1n) is 7.67. The molecule has 0 spiro atoms. The number of ether oxygens (including phenoxy) is 2. The first kappa shape index (κ1) is 17.1. The lowest BCUT2D eigenvalue weighted by Gasteiger charge is -2.36. The summed E-state index contributed by atoms with van der Waals surface area (Å²) < 4.78 is 10.8. The highest BCUT2D eigenvalue weighted by Crippen LogP contribution is 2.30. The Morgan fingerprint density at radius 1 is 1.36 bits per heavy atom. The third kappa shape index (κ3) is 4.37. The van der Waals surface area contributed by atoms with Gasteiger partial charge in [0.15, 0.2) is 0 Å². The van der Waals surface area contributed by atoms with Gasteiger partial charge in [0, 0.05) is 5.92 Å². The van der Waals surface area contributed by atoms with Crippen molar-refractivity contribution in [3.05, 3.63) is 28.8 Å². The maximum Gasteiger partial charge on any atom is 0.310 e. The average molecular weight is 326 g/mol. The van der Waals surface area contributed by atoms with Gasteiger partial charge in [-0.2, -0.15) is 0 Å². The van der Waals surface area contributed by atoms with Crippen LogP contribution >= 0.6 is 11.6 Å². The minimum atomic E-state index is -0.435. The molecule has 122 valence electrons. The number of benzene rings is 1. The Bertz CT molecular complexity index is 525. The van der Waals surface area contributed by atoms with Gasteiger partial charge in [0.05, 0.1) is 18.6 Å². The van der Waals surface area contributed by atoms with Gasteiger partial charge in [0.2, 0.25) is 0 Å². The van der Waals surface area contributed by atoms with E-state index in [0.717, 1.165) is 31.5 Å². The molecule has 1 N–H and O–H groups in total. The van der Waals surface area contributed by atoms with E-state index in [2.05, 4.69) is 5.32 Å². The van der Waals surface area contributed by atoms with Crippen LogP contribution in [0.3, 0.4) is 0 Å². The zero-order valence-electron chi connectivity index (χ0n) is 13.4. The fraction of sp³-hybridized carbons (Fsp3) is 0.588. The smallest absolute Gasteiger partial charge is 0.310 e. The first-order valence-corrected chi connectivity index (χ1v) is 8.05. The Morgan fingerprint density at radius 3 is 2.64 bits per heavy atom. The number of hydrogen-bond donors (Lipinski definition) is 1. The van der Waals surface area contributed by atoms with E-state index < -0.39 is 5.60 Å². The van der Waals surface area contributed by atoms with E-state index in [9.17, 15) is 4.79 Å². The SMILES string of the molecule is COc1ccc(CC(=O)OC(C)(C)C2CCNCC2)cc1Cl. The third-order valence-electron chi connectivity index (χ3n) is 4.26. The highest BCUT2D eigenvalue weighted by Gasteiger charge is 2.34. The van der Waals surface area contributed by atoms with Crippen LogP contribution in [0.4, 0.5) is 0 Å². The molecule has 0 radical (unpaired) electrons. The number of rotatable bonds is 5. The van der Waals surface area contributed by atoms with Crippen LogP contribution in [0.25, 0.3) is 0 Å². The Labute approximate surface area is 137 Å². The lowest BCUT2D eigenvalue weighted by Crippen LogP contribution is -2.43. The number of methoxy groups -OCH3 is 1. The summed E-state index contributed by atoms with van der Waals surface area (Å²) in [7, 11) is 1.57. The molecule has 0 aromatic heterocycles. The van der Waals surface area contributed by atoms with Crippen LogP contribution in [-0.2, 0) is 16.0 Å². The topological polar surface area (TPSA) is 47.6 Å². The van der Waals surface area contributed by atoms with Crippen molar-refractivity contribution >= 4 is 17.6 Å². The van der Waals surface area contributed by atoms with Crippen LogP contribution in [0.15, 0.2) is 18.2 Å². The number of esters is 1. The second-order valence-corrected chi connectivity index (χ2v) is 6.65. The standard InChI is InChI=1S/C17H24ClNO3/c1-17(2,13-6-8-19-9-7-13)22-16(20)11-12-4-5-15(21-3)14(18)10-12/h4-5,10,13,19H,6-9,11H2,1-3H3. The zero-order valence-corrected chi connectivity index (χ0v) is 14.2. The highest BCUT2D eigenvalue weighted by molar-refractivity contribution is 6.32. The summed E-state index contributed by atoms with van der Waals surface area (Å²) in [6.45, 7) is 5.98. The molecule has 0 amide bonds. The molecule has 1 aromatic carbocycles. The molecule has 0 saturated carbocycles. The van der Waals surface area contributed by atoms with Crippen LogP contribution in [0, 0.1) is 5.92 Å². The number of carbonyl (C=O) groups excluding carboxylic acids is 1. The van der Waals surface area contributed by atoms with Crippen molar-refractivity contribution in [2.24, 2.45) is 5.92 Å². The van der Waals surface area contributed by atoms with Crippen molar-refractivity contribution in [1.82, 2.24) is 5.32 Å². The van der Waals surface area contributed by atoms with Crippen molar-refractivity contribution in [3.63, 3.8) is 0 Å². The monoisotopic (exact) mass is 325 g/mol. The highest BCUT2D eigenvalue weighted by atomic mass is 35.5. The number of halogens is 1. The molecular weight excluding hydrogens is 302 g/mol. The van der Waals surface area contributed by atoms with E-state index in [1.807, 2.05) is 19.9 Å². The maximum absolute atomic E-state index is 12.2. The van der Waals surface area contributed by atoms with Crippen molar-refractivity contribution < 1.29 is 14.3 Å². The second kappa shape index (κ2) is 7.34. The van der Waals surface area contributed by atoms with Crippen LogP contribution in [0.2, 0.25) is 5.02 Å². The third-order valence-corrected chi connectivity index (χ3v) is 4.56. The molecule has 0 unspecified atom stereocenters. The Hall–Kier alpha value is -1.26. The van der Waals surface area contributed by atoms with Gasteiger partial charge in [-0.3, -0.25) is 4.79 Å². The molecule has 1 heterocycles. The van der Waals surface area contributed by atoms with E-state index in [-0.39, 0.29) is 12.4 Å². The van der Waals surface area contributed by atoms with Crippen LogP contribution < -0.4 is 10.1 Å².